The number of fused-ring (bicyclic) bond motifs is 1. The first kappa shape index (κ1) is 36.5. The second-order valence-corrected chi connectivity index (χ2v) is 14.3. The van der Waals surface area contributed by atoms with Gasteiger partial charge in [-0.2, -0.15) is 0 Å². The van der Waals surface area contributed by atoms with Crippen LogP contribution in [0.4, 0.5) is 0 Å². The highest BCUT2D eigenvalue weighted by Crippen LogP contribution is 2.47. The smallest absolute Gasteiger partial charge is 0.342 e. The molecule has 0 bridgehead atoms. The summed E-state index contributed by atoms with van der Waals surface area (Å²) in [5.74, 6) is -3.93. The van der Waals surface area contributed by atoms with E-state index in [1.54, 1.807) is 19.1 Å². The highest BCUT2D eigenvalue weighted by Gasteiger charge is 2.38. The molecule has 0 saturated carbocycles. The van der Waals surface area contributed by atoms with Crippen LogP contribution in [-0.2, 0) is 24.2 Å². The molecule has 2 aliphatic rings. The molecule has 4 atom stereocenters. The molecule has 0 aromatic heterocycles. The van der Waals surface area contributed by atoms with E-state index in [1.807, 2.05) is 0 Å². The first-order valence-electron chi connectivity index (χ1n) is 15.7. The maximum atomic E-state index is 13.6. The summed E-state index contributed by atoms with van der Waals surface area (Å²) in [6.07, 6.45) is 3.76. The van der Waals surface area contributed by atoms with E-state index in [2.05, 4.69) is 5.32 Å². The van der Waals surface area contributed by atoms with E-state index >= 15 is 0 Å². The molecule has 1 fully saturated rings. The Morgan fingerprint density at radius 2 is 1.69 bits per heavy atom. The minimum Gasteiger partial charge on any atom is -0.507 e. The average molecular weight is 690 g/mol. The topological polar surface area (TPSA) is 195 Å². The highest BCUT2D eigenvalue weighted by atomic mass is 32.2. The van der Waals surface area contributed by atoms with Gasteiger partial charge in [0.25, 0.3) is 0 Å². The number of aromatic hydroxyl groups is 2. The number of amides is 1. The predicted octanol–water partition coefficient (Wildman–Crippen LogP) is 3.40. The van der Waals surface area contributed by atoms with Crippen molar-refractivity contribution in [2.75, 3.05) is 32.8 Å². The Bertz CT molecular complexity index is 1640. The van der Waals surface area contributed by atoms with Crippen LogP contribution in [0.1, 0.15) is 84.8 Å². The van der Waals surface area contributed by atoms with Crippen LogP contribution in [0.2, 0.25) is 0 Å². The zero-order chi connectivity index (χ0) is 35.2. The van der Waals surface area contributed by atoms with Crippen LogP contribution < -0.4 is 19.5 Å². The number of methoxy groups -OCH3 is 3. The molecule has 48 heavy (non-hydrogen) atoms. The maximum Gasteiger partial charge on any atom is 0.342 e. The summed E-state index contributed by atoms with van der Waals surface area (Å²) in [6, 6.07) is 3.29. The summed E-state index contributed by atoms with van der Waals surface area (Å²) in [5.41, 5.74) is 0.0750. The normalized spacial score (nSPS) is 22.8. The zero-order valence-electron chi connectivity index (χ0n) is 27.5. The van der Waals surface area contributed by atoms with Gasteiger partial charge in [0.15, 0.2) is 21.3 Å². The molecule has 2 aliphatic heterocycles. The number of sulfone groups is 1. The lowest BCUT2D eigenvalue weighted by Gasteiger charge is -2.25. The molecule has 262 valence electrons. The summed E-state index contributed by atoms with van der Waals surface area (Å²) in [7, 11) is 0.627. The number of cyclic esters (lactones) is 1. The van der Waals surface area contributed by atoms with Gasteiger partial charge in [-0.25, -0.2) is 13.2 Å². The molecule has 2 heterocycles. The van der Waals surface area contributed by atoms with Crippen LogP contribution in [0.5, 0.6) is 28.7 Å². The lowest BCUT2D eigenvalue weighted by atomic mass is 9.84. The molecule has 4 rings (SSSR count). The number of aliphatic hydroxyl groups excluding tert-OH is 1. The summed E-state index contributed by atoms with van der Waals surface area (Å²) in [4.78, 5) is 39.3. The number of rotatable bonds is 8. The fraction of sp³-hybridized carbons (Fsp3) is 0.500. The van der Waals surface area contributed by atoms with Crippen molar-refractivity contribution in [1.82, 2.24) is 5.32 Å². The number of hydrogen-bond donors (Lipinski definition) is 4. The Hall–Kier alpha value is -4.30. The number of ketones is 1. The van der Waals surface area contributed by atoms with Crippen molar-refractivity contribution in [3.05, 3.63) is 46.5 Å². The number of phenolic OH excluding ortho intramolecular Hbond substituents is 2. The first-order chi connectivity index (χ1) is 22.8. The van der Waals surface area contributed by atoms with Crippen molar-refractivity contribution in [2.24, 2.45) is 0 Å². The minimum atomic E-state index is -3.57. The minimum absolute atomic E-state index is 0.130. The molecule has 3 unspecified atom stereocenters. The summed E-state index contributed by atoms with van der Waals surface area (Å²) in [6.45, 7) is 1.68. The Labute approximate surface area is 279 Å². The van der Waals surface area contributed by atoms with E-state index in [9.17, 15) is 38.1 Å². The van der Waals surface area contributed by atoms with Gasteiger partial charge in [-0.3, -0.25) is 9.59 Å². The number of phenols is 2. The zero-order valence-corrected chi connectivity index (χ0v) is 28.3. The average Bonchev–Trinajstić information content (AvgIpc) is 3.28. The van der Waals surface area contributed by atoms with E-state index in [4.69, 9.17) is 18.9 Å². The fourth-order valence-corrected chi connectivity index (χ4v) is 7.87. The quantitative estimate of drug-likeness (QED) is 0.296. The summed E-state index contributed by atoms with van der Waals surface area (Å²) < 4.78 is 46.3. The highest BCUT2D eigenvalue weighted by molar-refractivity contribution is 7.91. The van der Waals surface area contributed by atoms with Gasteiger partial charge in [0.2, 0.25) is 11.7 Å². The third-order valence-electron chi connectivity index (χ3n) is 8.55. The van der Waals surface area contributed by atoms with Crippen molar-refractivity contribution < 1.29 is 57.1 Å². The van der Waals surface area contributed by atoms with Crippen LogP contribution in [0, 0.1) is 0 Å². The molecule has 14 heteroatoms. The molecule has 1 saturated heterocycles. The lowest BCUT2D eigenvalue weighted by molar-refractivity contribution is -0.122. The van der Waals surface area contributed by atoms with Gasteiger partial charge in [0, 0.05) is 30.7 Å². The SMILES string of the molecule is COc1cc(C(CC(=O)NC2CS(=O)(=O)CC2O)c2c(O)cc3c(c2O)C(=O)O[C@@H](C)CCCC(=O)CCC/C=C/3)cc(OC)c1OC. The van der Waals surface area contributed by atoms with Crippen LogP contribution in [0.15, 0.2) is 24.3 Å². The number of nitrogens with one attached hydrogen (secondary N) is 1. The first-order valence-corrected chi connectivity index (χ1v) is 17.6. The lowest BCUT2D eigenvalue weighted by Crippen LogP contribution is -2.43. The molecule has 2 aromatic rings. The molecule has 4 N–H and O–H groups in total. The van der Waals surface area contributed by atoms with E-state index in [-0.39, 0.29) is 39.7 Å². The molecule has 0 spiro atoms. The van der Waals surface area contributed by atoms with Gasteiger partial charge in [-0.15, -0.1) is 0 Å². The van der Waals surface area contributed by atoms with Crippen LogP contribution in [0.25, 0.3) is 6.08 Å². The van der Waals surface area contributed by atoms with Gasteiger partial charge < -0.3 is 39.6 Å². The molecule has 0 radical (unpaired) electrons. The number of carbonyl (C=O) groups is 3. The molecule has 0 aliphatic carbocycles. The van der Waals surface area contributed by atoms with E-state index in [0.717, 1.165) is 0 Å². The van der Waals surface area contributed by atoms with Gasteiger partial charge >= 0.3 is 5.97 Å². The summed E-state index contributed by atoms with van der Waals surface area (Å²) >= 11 is 0. The van der Waals surface area contributed by atoms with E-state index in [0.29, 0.717) is 44.1 Å². The molecule has 1 amide bonds. The van der Waals surface area contributed by atoms with Crippen molar-refractivity contribution in [2.45, 2.75) is 76.0 Å². The third kappa shape index (κ3) is 8.58. The number of aliphatic hydroxyl groups is 1. The number of carbonyl (C=O) groups excluding carboxylic acids is 3. The van der Waals surface area contributed by atoms with Crippen molar-refractivity contribution >= 4 is 33.6 Å². The van der Waals surface area contributed by atoms with Crippen molar-refractivity contribution in [3.63, 3.8) is 0 Å². The second kappa shape index (κ2) is 15.7. The monoisotopic (exact) mass is 689 g/mol. The number of esters is 1. The second-order valence-electron chi connectivity index (χ2n) is 12.1. The van der Waals surface area contributed by atoms with Crippen molar-refractivity contribution in [1.29, 1.82) is 0 Å². The van der Waals surface area contributed by atoms with Gasteiger partial charge in [0.1, 0.15) is 22.8 Å². The van der Waals surface area contributed by atoms with Gasteiger partial charge in [-0.05, 0) is 61.9 Å². The molecule has 13 nitrogen and oxygen atoms in total. The Kier molecular flexibility index (Phi) is 12.0. The van der Waals surface area contributed by atoms with E-state index in [1.165, 1.54) is 39.5 Å². The van der Waals surface area contributed by atoms with Crippen LogP contribution in [0.3, 0.4) is 0 Å². The number of allylic oxidation sites excluding steroid dienone is 1. The number of ether oxygens (including phenoxy) is 4. The third-order valence-corrected chi connectivity index (χ3v) is 10.3. The van der Waals surface area contributed by atoms with E-state index < -0.39 is 75.3 Å². The number of Topliss-reactive ketones (excluding diaryl/α,β-unsaturated/α-hetero) is 1. The van der Waals surface area contributed by atoms with Gasteiger partial charge in [-0.1, -0.05) is 12.2 Å². The standard InChI is InChI=1S/C34H43NO12S/c1-19-9-8-12-22(36)11-7-5-6-10-20-13-25(37)31(32(40)30(20)34(41)47-19)23(16-29(39)35-24-17-48(42,43)18-26(24)38)21-14-27(44-2)33(46-4)28(15-21)45-3/h6,10,13-15,19,23-24,26,37-38,40H,5,7-9,11-12,16-18H2,1-4H3,(H,35,39)/b10-6+/t19-,23?,24?,26?/m0/s1. The fourth-order valence-electron chi connectivity index (χ4n) is 6.13. The van der Waals surface area contributed by atoms with Crippen molar-refractivity contribution in [3.8, 4) is 28.7 Å². The Balaban J connectivity index is 1.86. The maximum absolute atomic E-state index is 13.6. The number of hydrogen-bond acceptors (Lipinski definition) is 12. The van der Waals surface area contributed by atoms with Gasteiger partial charge in [0.05, 0.1) is 51.1 Å². The number of benzene rings is 2. The molecule has 2 aromatic carbocycles. The van der Waals surface area contributed by atoms with Crippen LogP contribution >= 0.6 is 0 Å². The molecular formula is C34H43NO12S. The van der Waals surface area contributed by atoms with Crippen LogP contribution in [-0.4, -0.2) is 92.5 Å². The molecular weight excluding hydrogens is 646 g/mol. The summed E-state index contributed by atoms with van der Waals surface area (Å²) in [5, 5.41) is 36.1. The Morgan fingerprint density at radius 1 is 1.02 bits per heavy atom. The largest absolute Gasteiger partial charge is 0.507 e. The predicted molar refractivity (Wildman–Crippen MR) is 176 cm³/mol. The Morgan fingerprint density at radius 3 is 2.29 bits per heavy atom.